The number of benzene rings is 1. The van der Waals surface area contributed by atoms with Crippen molar-refractivity contribution in [2.24, 2.45) is 4.99 Å². The van der Waals surface area contributed by atoms with Gasteiger partial charge in [-0.05, 0) is 24.9 Å². The predicted molar refractivity (Wildman–Crippen MR) is 98.9 cm³/mol. The van der Waals surface area contributed by atoms with E-state index in [0.29, 0.717) is 18.5 Å². The summed E-state index contributed by atoms with van der Waals surface area (Å²) in [6.45, 7) is 3.26. The van der Waals surface area contributed by atoms with Crippen LogP contribution in [0.4, 0.5) is 0 Å². The first-order valence-electron chi connectivity index (χ1n) is 8.38. The van der Waals surface area contributed by atoms with Gasteiger partial charge < -0.3 is 10.6 Å². The molecule has 1 aromatic carbocycles. The highest BCUT2D eigenvalue weighted by Gasteiger charge is 2.24. The molecule has 1 aromatic rings. The van der Waals surface area contributed by atoms with Gasteiger partial charge in [0, 0.05) is 39.0 Å². The molecule has 134 valence electrons. The SMILES string of the molecule is CN=C(NCCS(C)(=O)=O)NCC1CCCN1Cc1ccccc1. The largest absolute Gasteiger partial charge is 0.355 e. The molecule has 1 fully saturated rings. The fourth-order valence-corrected chi connectivity index (χ4v) is 3.42. The molecule has 24 heavy (non-hydrogen) atoms. The normalized spacial score (nSPS) is 19.4. The van der Waals surface area contributed by atoms with Gasteiger partial charge in [-0.25, -0.2) is 8.42 Å². The van der Waals surface area contributed by atoms with Crippen LogP contribution in [0.2, 0.25) is 0 Å². The van der Waals surface area contributed by atoms with Crippen molar-refractivity contribution in [3.8, 4) is 0 Å². The van der Waals surface area contributed by atoms with Gasteiger partial charge in [-0.1, -0.05) is 30.3 Å². The first-order chi connectivity index (χ1) is 11.5. The summed E-state index contributed by atoms with van der Waals surface area (Å²) < 4.78 is 22.4. The van der Waals surface area contributed by atoms with E-state index in [9.17, 15) is 8.42 Å². The molecule has 1 heterocycles. The van der Waals surface area contributed by atoms with Crippen LogP contribution in [0.3, 0.4) is 0 Å². The van der Waals surface area contributed by atoms with Gasteiger partial charge in [0.2, 0.25) is 0 Å². The van der Waals surface area contributed by atoms with E-state index in [1.54, 1.807) is 7.05 Å². The number of guanidine groups is 1. The Kier molecular flexibility index (Phi) is 7.05. The van der Waals surface area contributed by atoms with E-state index in [1.165, 1.54) is 24.7 Å². The summed E-state index contributed by atoms with van der Waals surface area (Å²) in [5, 5.41) is 6.37. The van der Waals surface area contributed by atoms with Crippen LogP contribution in [0.1, 0.15) is 18.4 Å². The Morgan fingerprint density at radius 3 is 2.71 bits per heavy atom. The van der Waals surface area contributed by atoms with Gasteiger partial charge in [0.05, 0.1) is 5.75 Å². The third-order valence-electron chi connectivity index (χ3n) is 4.22. The summed E-state index contributed by atoms with van der Waals surface area (Å²) in [5.41, 5.74) is 1.33. The molecule has 0 aromatic heterocycles. The number of sulfone groups is 1. The van der Waals surface area contributed by atoms with E-state index in [4.69, 9.17) is 0 Å². The fraction of sp³-hybridized carbons (Fsp3) is 0.588. The quantitative estimate of drug-likeness (QED) is 0.562. The second-order valence-electron chi connectivity index (χ2n) is 6.26. The summed E-state index contributed by atoms with van der Waals surface area (Å²) in [7, 11) is -1.25. The Labute approximate surface area is 145 Å². The standard InChI is InChI=1S/C17H28N4O2S/c1-18-17(19-10-12-24(2,22)23)20-13-16-9-6-11-21(16)14-15-7-4-3-5-8-15/h3-5,7-8,16H,6,9-14H2,1-2H3,(H2,18,19,20). The molecule has 2 N–H and O–H groups in total. The molecule has 0 aliphatic carbocycles. The Morgan fingerprint density at radius 1 is 1.29 bits per heavy atom. The van der Waals surface area contributed by atoms with Crippen LogP contribution in [0.5, 0.6) is 0 Å². The number of likely N-dealkylation sites (tertiary alicyclic amines) is 1. The first kappa shape index (κ1) is 18.7. The summed E-state index contributed by atoms with van der Waals surface area (Å²) >= 11 is 0. The molecule has 1 unspecified atom stereocenters. The Bertz CT molecular complexity index is 631. The summed E-state index contributed by atoms with van der Waals surface area (Å²) in [5.74, 6) is 0.766. The maximum atomic E-state index is 11.2. The van der Waals surface area contributed by atoms with Crippen LogP contribution < -0.4 is 10.6 Å². The van der Waals surface area contributed by atoms with Gasteiger partial charge in [0.15, 0.2) is 5.96 Å². The van der Waals surface area contributed by atoms with Gasteiger partial charge in [0.25, 0.3) is 0 Å². The summed E-state index contributed by atoms with van der Waals surface area (Å²) in [4.78, 5) is 6.65. The van der Waals surface area contributed by atoms with Crippen molar-refractivity contribution in [2.45, 2.75) is 25.4 Å². The van der Waals surface area contributed by atoms with Gasteiger partial charge in [-0.2, -0.15) is 0 Å². The third-order valence-corrected chi connectivity index (χ3v) is 5.17. The Morgan fingerprint density at radius 2 is 2.04 bits per heavy atom. The number of nitrogens with one attached hydrogen (secondary N) is 2. The lowest BCUT2D eigenvalue weighted by Gasteiger charge is -2.25. The minimum Gasteiger partial charge on any atom is -0.355 e. The lowest BCUT2D eigenvalue weighted by molar-refractivity contribution is 0.245. The molecule has 0 spiro atoms. The van der Waals surface area contributed by atoms with E-state index >= 15 is 0 Å². The van der Waals surface area contributed by atoms with Crippen molar-refractivity contribution in [1.29, 1.82) is 0 Å². The van der Waals surface area contributed by atoms with Crippen molar-refractivity contribution < 1.29 is 8.42 Å². The molecular weight excluding hydrogens is 324 g/mol. The minimum absolute atomic E-state index is 0.108. The number of nitrogens with zero attached hydrogens (tertiary/aromatic N) is 2. The third kappa shape index (κ3) is 6.49. The molecular formula is C17H28N4O2S. The van der Waals surface area contributed by atoms with Crippen molar-refractivity contribution in [3.63, 3.8) is 0 Å². The van der Waals surface area contributed by atoms with Crippen molar-refractivity contribution in [3.05, 3.63) is 35.9 Å². The van der Waals surface area contributed by atoms with Crippen LogP contribution in [-0.4, -0.2) is 64.0 Å². The average Bonchev–Trinajstić information content (AvgIpc) is 2.97. The number of aliphatic imine (C=N–C) groups is 1. The Balaban J connectivity index is 1.78. The second-order valence-corrected chi connectivity index (χ2v) is 8.52. The maximum Gasteiger partial charge on any atom is 0.191 e. The summed E-state index contributed by atoms with van der Waals surface area (Å²) in [6.07, 6.45) is 3.62. The zero-order chi connectivity index (χ0) is 17.4. The van der Waals surface area contributed by atoms with E-state index in [0.717, 1.165) is 19.6 Å². The molecule has 1 aliphatic heterocycles. The first-order valence-corrected chi connectivity index (χ1v) is 10.4. The highest BCUT2D eigenvalue weighted by atomic mass is 32.2. The molecule has 7 heteroatoms. The second kappa shape index (κ2) is 9.03. The van der Waals surface area contributed by atoms with Gasteiger partial charge >= 0.3 is 0 Å². The molecule has 0 radical (unpaired) electrons. The smallest absolute Gasteiger partial charge is 0.191 e. The van der Waals surface area contributed by atoms with E-state index in [2.05, 4.69) is 44.8 Å². The molecule has 2 rings (SSSR count). The van der Waals surface area contributed by atoms with Crippen LogP contribution in [0.25, 0.3) is 0 Å². The Hall–Kier alpha value is -1.60. The average molecular weight is 353 g/mol. The van der Waals surface area contributed by atoms with Crippen molar-refractivity contribution >= 4 is 15.8 Å². The predicted octanol–water partition coefficient (Wildman–Crippen LogP) is 0.861. The van der Waals surface area contributed by atoms with Crippen LogP contribution in [0, 0.1) is 0 Å². The number of hydrogen-bond acceptors (Lipinski definition) is 4. The van der Waals surface area contributed by atoms with Crippen LogP contribution >= 0.6 is 0 Å². The van der Waals surface area contributed by atoms with E-state index < -0.39 is 9.84 Å². The van der Waals surface area contributed by atoms with Crippen molar-refractivity contribution in [1.82, 2.24) is 15.5 Å². The summed E-state index contributed by atoms with van der Waals surface area (Å²) in [6, 6.07) is 11.0. The highest BCUT2D eigenvalue weighted by molar-refractivity contribution is 7.90. The lowest BCUT2D eigenvalue weighted by atomic mass is 10.2. The highest BCUT2D eigenvalue weighted by Crippen LogP contribution is 2.19. The van der Waals surface area contributed by atoms with Gasteiger partial charge in [-0.3, -0.25) is 9.89 Å². The molecule has 1 aliphatic rings. The number of rotatable bonds is 7. The minimum atomic E-state index is -2.96. The number of hydrogen-bond donors (Lipinski definition) is 2. The van der Waals surface area contributed by atoms with Crippen LogP contribution in [0.15, 0.2) is 35.3 Å². The van der Waals surface area contributed by atoms with Gasteiger partial charge in [0.1, 0.15) is 9.84 Å². The van der Waals surface area contributed by atoms with E-state index in [1.807, 2.05) is 6.07 Å². The lowest BCUT2D eigenvalue weighted by Crippen LogP contribution is -2.45. The monoisotopic (exact) mass is 352 g/mol. The van der Waals surface area contributed by atoms with Crippen LogP contribution in [-0.2, 0) is 16.4 Å². The molecule has 0 bridgehead atoms. The maximum absolute atomic E-state index is 11.2. The molecule has 1 saturated heterocycles. The molecule has 0 saturated carbocycles. The fourth-order valence-electron chi connectivity index (χ4n) is 2.94. The zero-order valence-corrected chi connectivity index (χ0v) is 15.3. The van der Waals surface area contributed by atoms with Gasteiger partial charge in [-0.15, -0.1) is 0 Å². The topological polar surface area (TPSA) is 73.8 Å². The molecule has 1 atom stereocenters. The van der Waals surface area contributed by atoms with Crippen molar-refractivity contribution in [2.75, 3.05) is 38.7 Å². The van der Waals surface area contributed by atoms with E-state index in [-0.39, 0.29) is 5.75 Å². The molecule has 0 amide bonds. The zero-order valence-electron chi connectivity index (χ0n) is 14.5. The molecule has 6 nitrogen and oxygen atoms in total.